The van der Waals surface area contributed by atoms with E-state index >= 15 is 0 Å². The van der Waals surface area contributed by atoms with E-state index in [4.69, 9.17) is 4.84 Å². The van der Waals surface area contributed by atoms with Crippen molar-refractivity contribution in [1.82, 2.24) is 5.06 Å². The van der Waals surface area contributed by atoms with Crippen molar-refractivity contribution in [3.05, 3.63) is 48.2 Å². The van der Waals surface area contributed by atoms with Gasteiger partial charge in [-0.2, -0.15) is 0 Å². The molecule has 0 spiro atoms. The van der Waals surface area contributed by atoms with E-state index in [1.165, 1.54) is 5.56 Å². The van der Waals surface area contributed by atoms with Gasteiger partial charge in [-0.3, -0.25) is 0 Å². The zero-order valence-electron chi connectivity index (χ0n) is 8.39. The Balaban J connectivity index is 1.99. The van der Waals surface area contributed by atoms with E-state index in [0.29, 0.717) is 6.04 Å². The molecule has 1 aliphatic rings. The lowest BCUT2D eigenvalue weighted by Crippen LogP contribution is -2.27. The molecule has 1 unspecified atom stereocenters. The Kier molecular flexibility index (Phi) is 2.84. The summed E-state index contributed by atoms with van der Waals surface area (Å²) in [5, 5.41) is 2.01. The molecule has 0 N–H and O–H groups in total. The van der Waals surface area contributed by atoms with E-state index in [2.05, 4.69) is 37.3 Å². The monoisotopic (exact) mass is 189 g/mol. The average molecular weight is 189 g/mol. The van der Waals surface area contributed by atoms with Gasteiger partial charge in [0.25, 0.3) is 0 Å². The van der Waals surface area contributed by atoms with Crippen molar-refractivity contribution < 1.29 is 4.84 Å². The fourth-order valence-electron chi connectivity index (χ4n) is 1.64. The van der Waals surface area contributed by atoms with Crippen molar-refractivity contribution in [3.63, 3.8) is 0 Å². The number of hydrogen-bond acceptors (Lipinski definition) is 2. The Bertz CT molecular complexity index is 307. The minimum atomic E-state index is 0.426. The summed E-state index contributed by atoms with van der Waals surface area (Å²) in [6.07, 6.45) is 4.96. The summed E-state index contributed by atoms with van der Waals surface area (Å²) < 4.78 is 0. The van der Waals surface area contributed by atoms with Crippen molar-refractivity contribution in [2.45, 2.75) is 25.9 Å². The maximum Gasteiger partial charge on any atom is 0.109 e. The summed E-state index contributed by atoms with van der Waals surface area (Å²) in [5.41, 5.74) is 1.29. The van der Waals surface area contributed by atoms with E-state index < -0.39 is 0 Å². The van der Waals surface area contributed by atoms with Gasteiger partial charge < -0.3 is 4.84 Å². The van der Waals surface area contributed by atoms with Crippen molar-refractivity contribution in [2.75, 3.05) is 0 Å². The number of nitrogens with zero attached hydrogens (tertiary/aromatic N) is 1. The van der Waals surface area contributed by atoms with Gasteiger partial charge in [-0.1, -0.05) is 37.3 Å². The summed E-state index contributed by atoms with van der Waals surface area (Å²) in [7, 11) is 0. The predicted octanol–water partition coefficient (Wildman–Crippen LogP) is 2.73. The first kappa shape index (κ1) is 9.28. The molecule has 1 aromatic carbocycles. The molecule has 0 bridgehead atoms. The maximum absolute atomic E-state index is 5.41. The van der Waals surface area contributed by atoms with Gasteiger partial charge in [0, 0.05) is 0 Å². The summed E-state index contributed by atoms with van der Waals surface area (Å²) in [6.45, 7) is 3.02. The topological polar surface area (TPSA) is 12.5 Å². The van der Waals surface area contributed by atoms with E-state index in [1.807, 2.05) is 11.1 Å². The zero-order valence-corrected chi connectivity index (χ0v) is 8.39. The summed E-state index contributed by atoms with van der Waals surface area (Å²) in [4.78, 5) is 5.41. The van der Waals surface area contributed by atoms with Gasteiger partial charge in [-0.25, -0.2) is 0 Å². The average Bonchev–Trinajstić information content (AvgIpc) is 2.67. The Morgan fingerprint density at radius 2 is 2.07 bits per heavy atom. The predicted molar refractivity (Wildman–Crippen MR) is 56.3 cm³/mol. The lowest BCUT2D eigenvalue weighted by molar-refractivity contribution is -0.112. The second kappa shape index (κ2) is 4.29. The van der Waals surface area contributed by atoms with Crippen LogP contribution in [0.4, 0.5) is 0 Å². The van der Waals surface area contributed by atoms with Crippen LogP contribution in [-0.2, 0) is 11.4 Å². The number of rotatable bonds is 3. The van der Waals surface area contributed by atoms with Crippen LogP contribution in [0.25, 0.3) is 0 Å². The molecule has 0 fully saturated rings. The van der Waals surface area contributed by atoms with Crippen LogP contribution in [0.3, 0.4) is 0 Å². The van der Waals surface area contributed by atoms with Gasteiger partial charge >= 0.3 is 0 Å². The number of hydrogen-bond donors (Lipinski definition) is 0. The molecule has 0 aliphatic carbocycles. The molecule has 74 valence electrons. The largest absolute Gasteiger partial charge is 0.413 e. The quantitative estimate of drug-likeness (QED) is 0.725. The van der Waals surface area contributed by atoms with Gasteiger partial charge in [0.05, 0.1) is 12.6 Å². The summed E-state index contributed by atoms with van der Waals surface area (Å²) in [6, 6.07) is 10.8. The molecule has 1 aromatic rings. The third-order valence-corrected chi connectivity index (χ3v) is 2.47. The molecule has 0 aromatic heterocycles. The highest BCUT2D eigenvalue weighted by atomic mass is 16.7. The smallest absolute Gasteiger partial charge is 0.109 e. The molecule has 0 amide bonds. The van der Waals surface area contributed by atoms with Crippen LogP contribution in [-0.4, -0.2) is 11.1 Å². The van der Waals surface area contributed by atoms with Crippen LogP contribution in [0.15, 0.2) is 42.7 Å². The molecule has 0 saturated carbocycles. The van der Waals surface area contributed by atoms with Crippen LogP contribution in [0.1, 0.15) is 18.9 Å². The van der Waals surface area contributed by atoms with E-state index in [1.54, 1.807) is 6.26 Å². The molecule has 0 saturated heterocycles. The Morgan fingerprint density at radius 3 is 2.79 bits per heavy atom. The Hall–Kier alpha value is -1.28. The van der Waals surface area contributed by atoms with Crippen molar-refractivity contribution in [1.29, 1.82) is 0 Å². The standard InChI is InChI=1S/C12H15NO/c1-2-12-8-9-14-13(12)10-11-6-4-3-5-7-11/h3-9,12H,2,10H2,1H3. The first-order valence-electron chi connectivity index (χ1n) is 5.04. The third kappa shape index (κ3) is 1.96. The van der Waals surface area contributed by atoms with Crippen LogP contribution in [0.2, 0.25) is 0 Å². The van der Waals surface area contributed by atoms with Crippen LogP contribution in [0.5, 0.6) is 0 Å². The highest BCUT2D eigenvalue weighted by Gasteiger charge is 2.19. The molecular formula is C12H15NO. The highest BCUT2D eigenvalue weighted by molar-refractivity contribution is 5.14. The van der Waals surface area contributed by atoms with Gasteiger partial charge in [0.1, 0.15) is 6.26 Å². The van der Waals surface area contributed by atoms with E-state index in [-0.39, 0.29) is 0 Å². The molecule has 2 heteroatoms. The van der Waals surface area contributed by atoms with Gasteiger partial charge in [0.2, 0.25) is 0 Å². The first-order chi connectivity index (χ1) is 6.90. The molecule has 0 radical (unpaired) electrons. The molecular weight excluding hydrogens is 174 g/mol. The highest BCUT2D eigenvalue weighted by Crippen LogP contribution is 2.17. The zero-order chi connectivity index (χ0) is 9.80. The Labute approximate surface area is 84.8 Å². The number of hydroxylamine groups is 2. The second-order valence-corrected chi connectivity index (χ2v) is 3.47. The lowest BCUT2D eigenvalue weighted by atomic mass is 10.2. The van der Waals surface area contributed by atoms with Gasteiger partial charge in [0.15, 0.2) is 0 Å². The normalized spacial score (nSPS) is 21.1. The van der Waals surface area contributed by atoms with Crippen LogP contribution >= 0.6 is 0 Å². The fraction of sp³-hybridized carbons (Fsp3) is 0.333. The van der Waals surface area contributed by atoms with Crippen molar-refractivity contribution in [2.24, 2.45) is 0 Å². The Morgan fingerprint density at radius 1 is 1.29 bits per heavy atom. The van der Waals surface area contributed by atoms with Crippen molar-refractivity contribution in [3.8, 4) is 0 Å². The van der Waals surface area contributed by atoms with Gasteiger partial charge in [-0.05, 0) is 18.1 Å². The van der Waals surface area contributed by atoms with Crippen LogP contribution < -0.4 is 0 Å². The molecule has 2 rings (SSSR count). The van der Waals surface area contributed by atoms with Crippen molar-refractivity contribution >= 4 is 0 Å². The van der Waals surface area contributed by atoms with E-state index in [9.17, 15) is 0 Å². The molecule has 2 nitrogen and oxygen atoms in total. The minimum absolute atomic E-state index is 0.426. The fourth-order valence-corrected chi connectivity index (χ4v) is 1.64. The van der Waals surface area contributed by atoms with Gasteiger partial charge in [-0.15, -0.1) is 5.06 Å². The number of benzene rings is 1. The summed E-state index contributed by atoms with van der Waals surface area (Å²) >= 11 is 0. The molecule has 14 heavy (non-hydrogen) atoms. The maximum atomic E-state index is 5.41. The third-order valence-electron chi connectivity index (χ3n) is 2.47. The lowest BCUT2D eigenvalue weighted by Gasteiger charge is -2.21. The summed E-state index contributed by atoms with van der Waals surface area (Å²) in [5.74, 6) is 0. The SMILES string of the molecule is CCC1C=CON1Cc1ccccc1. The second-order valence-electron chi connectivity index (χ2n) is 3.47. The van der Waals surface area contributed by atoms with Crippen LogP contribution in [0, 0.1) is 0 Å². The molecule has 1 atom stereocenters. The minimum Gasteiger partial charge on any atom is -0.413 e. The first-order valence-corrected chi connectivity index (χ1v) is 5.04. The molecule has 1 aliphatic heterocycles. The molecule has 1 heterocycles. The van der Waals surface area contributed by atoms with E-state index in [0.717, 1.165) is 13.0 Å².